The Kier molecular flexibility index (Phi) is 10.0. The van der Waals surface area contributed by atoms with Crippen molar-refractivity contribution in [1.82, 2.24) is 5.32 Å². The second kappa shape index (κ2) is 13.4. The molecule has 0 aromatic heterocycles. The van der Waals surface area contributed by atoms with Crippen molar-refractivity contribution < 1.29 is 57.8 Å². The minimum atomic E-state index is -4.21. The van der Waals surface area contributed by atoms with Gasteiger partial charge in [0.1, 0.15) is 5.76 Å². The molecule has 8 bridgehead atoms. The first-order chi connectivity index (χ1) is 21.8. The molecule has 2 atom stereocenters. The van der Waals surface area contributed by atoms with Crippen LogP contribution < -0.4 is 40.0 Å². The van der Waals surface area contributed by atoms with Crippen LogP contribution in [-0.2, 0) is 10.1 Å². The first kappa shape index (κ1) is 35.2. The number of hydrogen-bond donors (Lipinski definition) is 4. The topological polar surface area (TPSA) is 179 Å². The fourth-order valence-corrected chi connectivity index (χ4v) is 7.32. The van der Waals surface area contributed by atoms with Crippen molar-refractivity contribution >= 4 is 33.2 Å². The molecule has 11 nitrogen and oxygen atoms in total. The average molecular weight is 668 g/mol. The second-order valence-electron chi connectivity index (χ2n) is 12.4. The first-order valence-corrected chi connectivity index (χ1v) is 17.1. The SMILES string of the molecule is CCC1=C(C)C2=NC1=CC1=C(C)C3=C(O)CC(=C4NC(=CC5=NC(=C2)C(CO)=C5C)[C@@H](C)[C@@H]4CCC([O-])=NCCS(=O)(=O)O)C3=N1.[Na+]. The summed E-state index contributed by atoms with van der Waals surface area (Å²) in [6.45, 7) is 9.62. The third-order valence-corrected chi connectivity index (χ3v) is 10.3. The molecule has 0 aromatic carbocycles. The molecule has 6 aliphatic rings. The molecule has 4 N–H and O–H groups in total. The fraction of sp³-hybridized carbons (Fsp3) is 0.412. The molecule has 1 saturated heterocycles. The molecule has 0 amide bonds. The van der Waals surface area contributed by atoms with E-state index in [-0.39, 0.29) is 66.7 Å². The van der Waals surface area contributed by atoms with E-state index in [0.29, 0.717) is 24.3 Å². The van der Waals surface area contributed by atoms with Crippen molar-refractivity contribution in [3.63, 3.8) is 0 Å². The van der Waals surface area contributed by atoms with Gasteiger partial charge in [0, 0.05) is 46.4 Å². The standard InChI is InChI=1S/C34H39N5O6S.Na/c1-6-20-16(2)25-13-29-23(15-40)18(4)24(37-29)12-26-17(3)21(7-8-31(42)35-9-10-46(43,44)45)33(38-26)22-11-30(41)32-19(5)27(39-34(22)32)14-28(20)36-25;/h12-14,17,21,38,40-41H,6-11,15H2,1-5H3,(H,35,42)(H,43,44,45);/q;+1/p-1/t17-,21-;/m0./s1. The van der Waals surface area contributed by atoms with Gasteiger partial charge in [0.25, 0.3) is 10.1 Å². The van der Waals surface area contributed by atoms with Crippen LogP contribution >= 0.6 is 0 Å². The summed E-state index contributed by atoms with van der Waals surface area (Å²) < 4.78 is 31.1. The largest absolute Gasteiger partial charge is 1.00 e. The van der Waals surface area contributed by atoms with Crippen LogP contribution in [0.3, 0.4) is 0 Å². The summed E-state index contributed by atoms with van der Waals surface area (Å²) in [5.41, 5.74) is 12.4. The van der Waals surface area contributed by atoms with E-state index in [2.05, 4.69) is 24.2 Å². The second-order valence-corrected chi connectivity index (χ2v) is 13.9. The van der Waals surface area contributed by atoms with Gasteiger partial charge in [-0.2, -0.15) is 8.42 Å². The first-order valence-electron chi connectivity index (χ1n) is 15.5. The maximum Gasteiger partial charge on any atom is 1.00 e. The Balaban J connectivity index is 0.00000433. The van der Waals surface area contributed by atoms with Crippen LogP contribution in [-0.4, -0.2) is 65.1 Å². The third-order valence-electron chi connectivity index (χ3n) is 9.65. The van der Waals surface area contributed by atoms with Crippen molar-refractivity contribution in [3.05, 3.63) is 91.5 Å². The number of fused-ring (bicyclic) bond motifs is 5. The number of aliphatic hydroxyl groups excluding tert-OH is 2. The van der Waals surface area contributed by atoms with E-state index < -0.39 is 21.8 Å². The quantitative estimate of drug-likeness (QED) is 0.129. The van der Waals surface area contributed by atoms with Gasteiger partial charge in [-0.3, -0.25) is 4.55 Å². The number of nitrogens with one attached hydrogen (secondary N) is 1. The van der Waals surface area contributed by atoms with Crippen molar-refractivity contribution in [1.29, 1.82) is 0 Å². The Morgan fingerprint density at radius 2 is 1.70 bits per heavy atom. The summed E-state index contributed by atoms with van der Waals surface area (Å²) in [6.07, 6.45) is 7.44. The van der Waals surface area contributed by atoms with Gasteiger partial charge in [0.05, 0.1) is 53.1 Å². The minimum absolute atomic E-state index is 0. The number of allylic oxidation sites excluding steroid dienone is 11. The Bertz CT molecular complexity index is 1950. The summed E-state index contributed by atoms with van der Waals surface area (Å²) in [5, 5.41) is 37.8. The Morgan fingerprint density at radius 1 is 1.04 bits per heavy atom. The molecule has 0 aromatic rings. The molecule has 47 heavy (non-hydrogen) atoms. The normalized spacial score (nSPS) is 24.0. The number of aliphatic imine (C=N–C) groups is 4. The summed E-state index contributed by atoms with van der Waals surface area (Å²) in [5.74, 6) is -1.04. The zero-order chi connectivity index (χ0) is 33.1. The van der Waals surface area contributed by atoms with Crippen LogP contribution in [0.15, 0.2) is 111 Å². The van der Waals surface area contributed by atoms with Crippen LogP contribution in [0.25, 0.3) is 0 Å². The molecule has 13 heteroatoms. The van der Waals surface area contributed by atoms with Gasteiger partial charge in [-0.05, 0) is 86.5 Å². The number of hydrogen-bond acceptors (Lipinski definition) is 10. The van der Waals surface area contributed by atoms with Crippen LogP contribution in [0.5, 0.6) is 0 Å². The van der Waals surface area contributed by atoms with Gasteiger partial charge in [-0.15, -0.1) is 0 Å². The van der Waals surface area contributed by atoms with Crippen molar-refractivity contribution in [2.24, 2.45) is 31.8 Å². The zero-order valence-corrected chi connectivity index (χ0v) is 30.4. The molecule has 1 fully saturated rings. The summed E-state index contributed by atoms with van der Waals surface area (Å²) in [7, 11) is -4.21. The van der Waals surface area contributed by atoms with Gasteiger partial charge >= 0.3 is 29.6 Å². The molecule has 242 valence electrons. The van der Waals surface area contributed by atoms with Crippen LogP contribution in [0, 0.1) is 11.8 Å². The van der Waals surface area contributed by atoms with Crippen molar-refractivity contribution in [2.45, 2.75) is 60.3 Å². The van der Waals surface area contributed by atoms with Crippen LogP contribution in [0.2, 0.25) is 0 Å². The summed E-state index contributed by atoms with van der Waals surface area (Å²) >= 11 is 0. The summed E-state index contributed by atoms with van der Waals surface area (Å²) in [4.78, 5) is 18.8. The van der Waals surface area contributed by atoms with E-state index in [9.17, 15) is 23.7 Å². The predicted molar refractivity (Wildman–Crippen MR) is 177 cm³/mol. The molecule has 1 aliphatic carbocycles. The Labute approximate surface area is 297 Å². The van der Waals surface area contributed by atoms with E-state index in [0.717, 1.165) is 79.6 Å². The maximum atomic E-state index is 12.6. The molecule has 0 saturated carbocycles. The molecule has 5 aliphatic heterocycles. The fourth-order valence-electron chi connectivity index (χ4n) is 7.00. The van der Waals surface area contributed by atoms with Gasteiger partial charge in [-0.25, -0.2) is 15.0 Å². The van der Waals surface area contributed by atoms with Gasteiger partial charge in [-0.1, -0.05) is 13.8 Å². The number of nitrogens with zero attached hydrogens (tertiary/aromatic N) is 4. The molecule has 5 heterocycles. The summed E-state index contributed by atoms with van der Waals surface area (Å²) in [6, 6.07) is 0. The Hall–Kier alpha value is -3.13. The predicted octanol–water partition coefficient (Wildman–Crippen LogP) is 1.08. The van der Waals surface area contributed by atoms with Gasteiger partial charge in [0.15, 0.2) is 0 Å². The van der Waals surface area contributed by atoms with Crippen LogP contribution in [0.4, 0.5) is 0 Å². The molecule has 6 rings (SSSR count). The van der Waals surface area contributed by atoms with E-state index in [4.69, 9.17) is 19.5 Å². The van der Waals surface area contributed by atoms with Gasteiger partial charge < -0.3 is 25.6 Å². The van der Waals surface area contributed by atoms with E-state index in [1.54, 1.807) is 0 Å². The average Bonchev–Trinajstić information content (AvgIpc) is 3.74. The van der Waals surface area contributed by atoms with E-state index >= 15 is 0 Å². The monoisotopic (exact) mass is 667 g/mol. The zero-order valence-electron chi connectivity index (χ0n) is 27.6. The van der Waals surface area contributed by atoms with E-state index in [1.165, 1.54) is 0 Å². The van der Waals surface area contributed by atoms with Crippen molar-refractivity contribution in [2.75, 3.05) is 18.9 Å². The van der Waals surface area contributed by atoms with Gasteiger partial charge in [0.2, 0.25) is 0 Å². The molecular formula is C34H38N5NaO6S. The smallest absolute Gasteiger partial charge is 0.862 e. The van der Waals surface area contributed by atoms with E-state index in [1.807, 2.05) is 39.0 Å². The third kappa shape index (κ3) is 6.51. The molecule has 0 spiro atoms. The molecule has 0 unspecified atom stereocenters. The minimum Gasteiger partial charge on any atom is -0.862 e. The molecule has 0 radical (unpaired) electrons. The molecular weight excluding hydrogens is 629 g/mol. The maximum absolute atomic E-state index is 12.6. The Morgan fingerprint density at radius 3 is 2.36 bits per heavy atom. The van der Waals surface area contributed by atoms with Crippen LogP contribution in [0.1, 0.15) is 60.3 Å². The van der Waals surface area contributed by atoms with Crippen molar-refractivity contribution in [3.8, 4) is 0 Å². The number of aliphatic hydroxyl groups is 2. The number of rotatable bonds is 8.